The Morgan fingerprint density at radius 3 is 2.32 bits per heavy atom. The van der Waals surface area contributed by atoms with Crippen LogP contribution in [0.25, 0.3) is 0 Å². The maximum Gasteiger partial charge on any atom is 0.410 e. The fourth-order valence-electron chi connectivity index (χ4n) is 2.17. The first-order chi connectivity index (χ1) is 11.7. The minimum atomic E-state index is -0.586. The summed E-state index contributed by atoms with van der Waals surface area (Å²) in [5.74, 6) is -0.586. The van der Waals surface area contributed by atoms with Crippen molar-refractivity contribution < 1.29 is 19.1 Å². The van der Waals surface area contributed by atoms with Gasteiger partial charge in [0.15, 0.2) is 0 Å². The molecule has 1 amide bonds. The van der Waals surface area contributed by atoms with E-state index in [2.05, 4.69) is 4.99 Å². The Morgan fingerprint density at radius 2 is 1.84 bits per heavy atom. The summed E-state index contributed by atoms with van der Waals surface area (Å²) in [5, 5.41) is 0. The van der Waals surface area contributed by atoms with Gasteiger partial charge in [0, 0.05) is 30.8 Å². The average molecular weight is 355 g/mol. The van der Waals surface area contributed by atoms with Crippen molar-refractivity contribution in [3.05, 3.63) is 11.3 Å². The van der Waals surface area contributed by atoms with Crippen LogP contribution in [0.4, 0.5) is 4.79 Å². The van der Waals surface area contributed by atoms with Crippen molar-refractivity contribution in [2.75, 3.05) is 26.2 Å². The van der Waals surface area contributed by atoms with Gasteiger partial charge in [-0.1, -0.05) is 13.8 Å². The zero-order valence-electron chi connectivity index (χ0n) is 16.6. The highest BCUT2D eigenvalue weighted by molar-refractivity contribution is 6.07. The van der Waals surface area contributed by atoms with Gasteiger partial charge in [-0.3, -0.25) is 4.99 Å². The van der Waals surface area contributed by atoms with Crippen LogP contribution < -0.4 is 5.73 Å². The number of piperidine rings is 1. The lowest BCUT2D eigenvalue weighted by Crippen LogP contribution is -2.44. The van der Waals surface area contributed by atoms with Gasteiger partial charge >= 0.3 is 12.1 Å². The molecule has 7 heteroatoms. The van der Waals surface area contributed by atoms with E-state index in [9.17, 15) is 9.59 Å². The molecule has 144 valence electrons. The van der Waals surface area contributed by atoms with Crippen molar-refractivity contribution in [3.8, 4) is 0 Å². The van der Waals surface area contributed by atoms with E-state index in [4.69, 9.17) is 15.2 Å². The lowest BCUT2D eigenvalue weighted by atomic mass is 10.00. The molecular weight excluding hydrogens is 322 g/mol. The van der Waals surface area contributed by atoms with E-state index in [-0.39, 0.29) is 18.8 Å². The molecule has 1 aliphatic heterocycles. The Hall–Kier alpha value is -2.05. The summed E-state index contributed by atoms with van der Waals surface area (Å²) >= 11 is 0. The molecule has 1 heterocycles. The minimum Gasteiger partial charge on any atom is -0.461 e. The molecule has 0 saturated carbocycles. The summed E-state index contributed by atoms with van der Waals surface area (Å²) in [5.41, 5.74) is 6.65. The van der Waals surface area contributed by atoms with E-state index >= 15 is 0 Å². The maximum atomic E-state index is 12.2. The fourth-order valence-corrected chi connectivity index (χ4v) is 2.17. The number of nitrogens with zero attached hydrogens (tertiary/aromatic N) is 2. The standard InChI is InChI=1S/C16H27N3O4.C2H6/c1-6-18-12-8-9-19(15(21)23-16(3,4)5)10-11(12)13(17)14(20)22-7-2;1-2/h6-10,17H2,1-5H3;1-2H3/b13-11-,18-12?;. The highest BCUT2D eigenvalue weighted by atomic mass is 16.6. The Kier molecular flexibility index (Phi) is 9.86. The van der Waals surface area contributed by atoms with Gasteiger partial charge in [0.05, 0.1) is 13.2 Å². The van der Waals surface area contributed by atoms with Crippen LogP contribution in [0, 0.1) is 0 Å². The predicted molar refractivity (Wildman–Crippen MR) is 99.6 cm³/mol. The van der Waals surface area contributed by atoms with E-state index in [1.807, 2.05) is 41.5 Å². The Balaban J connectivity index is 0.00000277. The maximum absolute atomic E-state index is 12.2. The molecule has 0 aromatic heterocycles. The molecule has 25 heavy (non-hydrogen) atoms. The lowest BCUT2D eigenvalue weighted by Gasteiger charge is -2.32. The van der Waals surface area contributed by atoms with Crippen molar-refractivity contribution in [2.24, 2.45) is 10.7 Å². The number of carbonyl (C=O) groups is 2. The normalized spacial score (nSPS) is 18.2. The molecule has 1 fully saturated rings. The molecule has 7 nitrogen and oxygen atoms in total. The number of esters is 1. The molecule has 0 radical (unpaired) electrons. The van der Waals surface area contributed by atoms with Gasteiger partial charge in [-0.25, -0.2) is 9.59 Å². The second-order valence-electron chi connectivity index (χ2n) is 6.19. The molecule has 0 unspecified atom stereocenters. The monoisotopic (exact) mass is 355 g/mol. The van der Waals surface area contributed by atoms with Gasteiger partial charge in [0.1, 0.15) is 11.3 Å². The number of ether oxygens (including phenoxy) is 2. The van der Waals surface area contributed by atoms with Crippen LogP contribution >= 0.6 is 0 Å². The van der Waals surface area contributed by atoms with Crippen molar-refractivity contribution in [1.29, 1.82) is 0 Å². The Bertz CT molecular complexity index is 519. The second kappa shape index (κ2) is 10.7. The number of hydrogen-bond acceptors (Lipinski definition) is 6. The largest absolute Gasteiger partial charge is 0.461 e. The molecule has 0 atom stereocenters. The smallest absolute Gasteiger partial charge is 0.410 e. The van der Waals surface area contributed by atoms with E-state index in [0.717, 1.165) is 5.71 Å². The zero-order valence-corrected chi connectivity index (χ0v) is 16.6. The number of likely N-dealkylation sites (tertiary alicyclic amines) is 1. The highest BCUT2D eigenvalue weighted by Gasteiger charge is 2.30. The van der Waals surface area contributed by atoms with E-state index in [1.165, 1.54) is 4.90 Å². The van der Waals surface area contributed by atoms with Crippen LogP contribution in [-0.2, 0) is 14.3 Å². The molecule has 0 spiro atoms. The van der Waals surface area contributed by atoms with Crippen molar-refractivity contribution in [2.45, 2.75) is 60.5 Å². The van der Waals surface area contributed by atoms with E-state index in [1.54, 1.807) is 6.92 Å². The van der Waals surface area contributed by atoms with Crippen molar-refractivity contribution in [1.82, 2.24) is 4.90 Å². The third-order valence-corrected chi connectivity index (χ3v) is 3.14. The summed E-state index contributed by atoms with van der Waals surface area (Å²) in [6.07, 6.45) is 0.102. The molecule has 0 bridgehead atoms. The molecule has 2 N–H and O–H groups in total. The Labute approximate surface area is 151 Å². The minimum absolute atomic E-state index is 0.00677. The van der Waals surface area contributed by atoms with Crippen LogP contribution in [0.15, 0.2) is 16.3 Å². The molecule has 0 aromatic rings. The van der Waals surface area contributed by atoms with Crippen LogP contribution in [0.3, 0.4) is 0 Å². The van der Waals surface area contributed by atoms with Crippen LogP contribution in [0.2, 0.25) is 0 Å². The number of carbonyl (C=O) groups excluding carboxylic acids is 2. The van der Waals surface area contributed by atoms with E-state index < -0.39 is 17.7 Å². The highest BCUT2D eigenvalue weighted by Crippen LogP contribution is 2.19. The van der Waals surface area contributed by atoms with Crippen molar-refractivity contribution >= 4 is 17.8 Å². The summed E-state index contributed by atoms with van der Waals surface area (Å²) in [4.78, 5) is 30.0. The lowest BCUT2D eigenvalue weighted by molar-refractivity contribution is -0.138. The van der Waals surface area contributed by atoms with Crippen molar-refractivity contribution in [3.63, 3.8) is 0 Å². The summed E-state index contributed by atoms with van der Waals surface area (Å²) < 4.78 is 10.3. The van der Waals surface area contributed by atoms with Gasteiger partial charge in [0.25, 0.3) is 0 Å². The third kappa shape index (κ3) is 7.58. The van der Waals surface area contributed by atoms with Gasteiger partial charge < -0.3 is 20.1 Å². The molecule has 1 aliphatic rings. The molecule has 1 rings (SSSR count). The van der Waals surface area contributed by atoms with Gasteiger partial charge in [-0.05, 0) is 34.6 Å². The van der Waals surface area contributed by atoms with Crippen LogP contribution in [0.5, 0.6) is 0 Å². The number of aliphatic imine (C=N–C) groups is 1. The summed E-state index contributed by atoms with van der Waals surface area (Å²) in [7, 11) is 0. The zero-order chi connectivity index (χ0) is 19.6. The summed E-state index contributed by atoms with van der Waals surface area (Å²) in [6, 6.07) is 0. The van der Waals surface area contributed by atoms with Crippen LogP contribution in [0.1, 0.15) is 54.9 Å². The third-order valence-electron chi connectivity index (χ3n) is 3.14. The number of amides is 1. The van der Waals surface area contributed by atoms with Crippen LogP contribution in [-0.4, -0.2) is 54.5 Å². The van der Waals surface area contributed by atoms with Gasteiger partial charge in [-0.2, -0.15) is 0 Å². The molecule has 0 aliphatic carbocycles. The molecule has 1 saturated heterocycles. The predicted octanol–water partition coefficient (Wildman–Crippen LogP) is 2.89. The van der Waals surface area contributed by atoms with E-state index in [0.29, 0.717) is 25.1 Å². The second-order valence-corrected chi connectivity index (χ2v) is 6.19. The van der Waals surface area contributed by atoms with Gasteiger partial charge in [0.2, 0.25) is 0 Å². The van der Waals surface area contributed by atoms with Gasteiger partial charge in [-0.15, -0.1) is 0 Å². The quantitative estimate of drug-likeness (QED) is 0.620. The summed E-state index contributed by atoms with van der Waals surface area (Å²) in [6.45, 7) is 14.5. The molecule has 0 aromatic carbocycles. The average Bonchev–Trinajstić information content (AvgIpc) is 2.55. The number of nitrogens with two attached hydrogens (primary N) is 1. The first kappa shape index (κ1) is 22.9. The number of rotatable bonds is 3. The first-order valence-corrected chi connectivity index (χ1v) is 8.87. The first-order valence-electron chi connectivity index (χ1n) is 8.87. The SMILES string of the molecule is CC.CCN=C1CCN(C(=O)OC(C)(C)C)C/C1=C(/N)C(=O)OCC. The topological polar surface area (TPSA) is 94.2 Å². The molecular formula is C18H33N3O4. The fraction of sp³-hybridized carbons (Fsp3) is 0.722. The Morgan fingerprint density at radius 1 is 1.24 bits per heavy atom. The number of hydrogen-bond donors (Lipinski definition) is 1.